The summed E-state index contributed by atoms with van der Waals surface area (Å²) in [5, 5.41) is 30.9. The second-order valence-electron chi connectivity index (χ2n) is 51.7. The molecule has 0 aromatic carbocycles. The van der Waals surface area contributed by atoms with E-state index in [1.54, 1.807) is 13.8 Å². The maximum Gasteiger partial charge on any atom is 0.237 e. The number of piperidine rings is 8. The van der Waals surface area contributed by atoms with Gasteiger partial charge in [0.05, 0.1) is 13.1 Å². The van der Waals surface area contributed by atoms with E-state index in [0.29, 0.717) is 56.3 Å². The molecule has 8 saturated heterocycles. The maximum absolute atomic E-state index is 15.2. The quantitative estimate of drug-likeness (QED) is 0.0284. The van der Waals surface area contributed by atoms with Crippen LogP contribution in [0.2, 0.25) is 0 Å². The molecule has 0 radical (unpaired) electrons. The number of rotatable bonds is 34. The Balaban J connectivity index is 0.000000332. The number of hydrogen-bond acceptors (Lipinski definition) is 16. The lowest BCUT2D eigenvalue weighted by atomic mass is 9.78. The van der Waals surface area contributed by atoms with Crippen molar-refractivity contribution in [1.29, 1.82) is 0 Å². The lowest BCUT2D eigenvalue weighted by Gasteiger charge is -2.51. The molecule has 0 aliphatic carbocycles. The first kappa shape index (κ1) is 104. The van der Waals surface area contributed by atoms with Gasteiger partial charge in [0.1, 0.15) is 0 Å². The zero-order chi connectivity index (χ0) is 90.7. The van der Waals surface area contributed by atoms with E-state index in [1.165, 1.54) is 32.1 Å². The summed E-state index contributed by atoms with van der Waals surface area (Å²) < 4.78 is 0. The number of carbonyl (C=O) groups excluding carboxylic acids is 4. The lowest BCUT2D eigenvalue weighted by Crippen LogP contribution is -2.65. The molecule has 0 spiro atoms. The number of amides is 4. The van der Waals surface area contributed by atoms with Crippen LogP contribution in [-0.2, 0) is 19.2 Å². The molecule has 8 aliphatic heterocycles. The fraction of sp³-hybridized carbons (Fsp3) is 0.960. The van der Waals surface area contributed by atoms with Crippen molar-refractivity contribution in [3.05, 3.63) is 0 Å². The molecule has 0 unspecified atom stereocenters. The summed E-state index contributed by atoms with van der Waals surface area (Å²) in [6.07, 6.45) is 27.1. The molecule has 20 heteroatoms. The van der Waals surface area contributed by atoms with Gasteiger partial charge in [0.25, 0.3) is 0 Å². The van der Waals surface area contributed by atoms with Crippen LogP contribution in [0.15, 0.2) is 0 Å². The van der Waals surface area contributed by atoms with Crippen molar-refractivity contribution in [2.24, 2.45) is 0 Å². The van der Waals surface area contributed by atoms with E-state index in [1.807, 2.05) is 0 Å². The molecule has 700 valence electrons. The Hall–Kier alpha value is -2.60. The Morgan fingerprint density at radius 2 is 0.367 bits per heavy atom. The van der Waals surface area contributed by atoms with Crippen LogP contribution in [0.3, 0.4) is 0 Å². The molecule has 0 aromatic heterocycles. The first-order valence-corrected chi connectivity index (χ1v) is 48.7. The summed E-state index contributed by atoms with van der Waals surface area (Å²) in [5.74, 6) is 0.895. The van der Waals surface area contributed by atoms with Crippen LogP contribution in [0.1, 0.15) is 402 Å². The standard InChI is InChI=1S/C53H104N8O2.C47H92N8O2/c1-40(62)60(43-35-50(10,11)56-51(12,13)36-43)29-25-21-22-26-30-61(44-37-52(14,15)57-53(16,17)38-44)45(63)39-59(42-33-48(6,7)55-49(8,9)34-42)28-24-20-19-23-27-58(18)41-31-46(2,3)54-47(4,5)32-41;1-34(56)54(37-29-44(10,11)50-45(12,13)30-37)23-20-24-55(38-31-46(14,15)51-47(16,17)32-38)39(57)33-53(36-27-42(6,7)49-43(8,9)28-36)22-19-21-52(18)35-25-40(2,3)48-41(4,5)26-35/h41-44,54-57H,19-39H2,1-18H3;35-38,48-51H,19-33H2,1-18H3. The highest BCUT2D eigenvalue weighted by Gasteiger charge is 2.50. The van der Waals surface area contributed by atoms with Gasteiger partial charge in [0.2, 0.25) is 23.6 Å². The molecule has 0 atom stereocenters. The van der Waals surface area contributed by atoms with Gasteiger partial charge in [-0.25, -0.2) is 0 Å². The van der Waals surface area contributed by atoms with Crippen molar-refractivity contribution in [3.8, 4) is 0 Å². The summed E-state index contributed by atoms with van der Waals surface area (Å²) in [6.45, 7) is 85.3. The van der Waals surface area contributed by atoms with Gasteiger partial charge in [-0.3, -0.25) is 29.0 Å². The molecule has 8 rings (SSSR count). The molecule has 120 heavy (non-hydrogen) atoms. The SMILES string of the molecule is CC(=O)N(CCCCCCN(C(=O)CN(CCCCCCN(C)C1CC(C)(C)NC(C)(C)C1)C1CC(C)(C)NC(C)(C)C1)C1CC(C)(C)NC(C)(C)C1)C1CC(C)(C)NC(C)(C)C1.CC(=O)N(CCCN(C(=O)CN(CCCN(C)C1CC(C)(C)NC(C)(C)C1)C1CC(C)(C)NC(C)(C)C1)C1CC(C)(C)NC(C)(C)C1)C1CC(C)(C)NC(C)(C)C1. The van der Waals surface area contributed by atoms with E-state index in [0.717, 1.165) is 174 Å². The minimum atomic E-state index is -0.0895. The molecular formula is C100H196N16O4. The second kappa shape index (κ2) is 39.8. The van der Waals surface area contributed by atoms with Crippen molar-refractivity contribution in [2.75, 3.05) is 79.5 Å². The molecule has 8 heterocycles. The third-order valence-corrected chi connectivity index (χ3v) is 28.5. The van der Waals surface area contributed by atoms with Crippen LogP contribution in [0, 0.1) is 0 Å². The monoisotopic (exact) mass is 1690 g/mol. The van der Waals surface area contributed by atoms with Crippen molar-refractivity contribution in [2.45, 2.75) is 539 Å². The first-order valence-electron chi connectivity index (χ1n) is 48.7. The predicted octanol–water partition coefficient (Wildman–Crippen LogP) is 16.2. The normalized spacial score (nSPS) is 26.3. The molecule has 8 fully saturated rings. The van der Waals surface area contributed by atoms with Crippen LogP contribution in [0.4, 0.5) is 0 Å². The number of carbonyl (C=O) groups is 4. The van der Waals surface area contributed by atoms with Gasteiger partial charge >= 0.3 is 0 Å². The highest BCUT2D eigenvalue weighted by Crippen LogP contribution is 2.41. The Bertz CT molecular complexity index is 3160. The zero-order valence-corrected chi connectivity index (χ0v) is 85.3. The van der Waals surface area contributed by atoms with Crippen molar-refractivity contribution >= 4 is 23.6 Å². The lowest BCUT2D eigenvalue weighted by molar-refractivity contribution is -0.139. The highest BCUT2D eigenvalue weighted by molar-refractivity contribution is 5.79. The van der Waals surface area contributed by atoms with Crippen molar-refractivity contribution < 1.29 is 19.2 Å². The average molecular weight is 1690 g/mol. The highest BCUT2D eigenvalue weighted by atomic mass is 16.2. The predicted molar refractivity (Wildman–Crippen MR) is 507 cm³/mol. The van der Waals surface area contributed by atoms with Crippen LogP contribution in [0.5, 0.6) is 0 Å². The number of nitrogens with zero attached hydrogens (tertiary/aromatic N) is 8. The van der Waals surface area contributed by atoms with E-state index in [4.69, 9.17) is 0 Å². The Labute approximate surface area is 739 Å². The summed E-state index contributed by atoms with van der Waals surface area (Å²) in [4.78, 5) is 75.7. The summed E-state index contributed by atoms with van der Waals surface area (Å²) >= 11 is 0. The maximum atomic E-state index is 15.2. The number of unbranched alkanes of at least 4 members (excludes halogenated alkanes) is 6. The molecule has 4 amide bonds. The van der Waals surface area contributed by atoms with Gasteiger partial charge in [0, 0.05) is 184 Å². The third-order valence-electron chi connectivity index (χ3n) is 28.5. The molecule has 0 aromatic rings. The summed E-state index contributed by atoms with van der Waals surface area (Å²) in [7, 11) is 4.65. The zero-order valence-electron chi connectivity index (χ0n) is 85.3. The van der Waals surface area contributed by atoms with Gasteiger partial charge in [0.15, 0.2) is 0 Å². The van der Waals surface area contributed by atoms with E-state index in [9.17, 15) is 9.59 Å². The van der Waals surface area contributed by atoms with E-state index in [2.05, 4.69) is 317 Å². The van der Waals surface area contributed by atoms with Gasteiger partial charge in [-0.05, 0) is 397 Å². The topological polar surface area (TPSA) is 190 Å². The molecular weight excluding hydrogens is 1490 g/mol. The molecule has 8 N–H and O–H groups in total. The van der Waals surface area contributed by atoms with Crippen LogP contribution in [-0.4, -0.2) is 279 Å². The van der Waals surface area contributed by atoms with Gasteiger partial charge in [-0.2, -0.15) is 0 Å². The molecule has 0 saturated carbocycles. The molecule has 8 aliphatic rings. The first-order chi connectivity index (χ1) is 54.4. The van der Waals surface area contributed by atoms with Gasteiger partial charge in [-0.1, -0.05) is 25.7 Å². The minimum absolute atomic E-state index is 0.00323. The van der Waals surface area contributed by atoms with Crippen LogP contribution in [0.25, 0.3) is 0 Å². The Morgan fingerprint density at radius 1 is 0.208 bits per heavy atom. The smallest absolute Gasteiger partial charge is 0.237 e. The summed E-state index contributed by atoms with van der Waals surface area (Å²) in [6, 6.07) is 2.60. The largest absolute Gasteiger partial charge is 0.340 e. The fourth-order valence-corrected chi connectivity index (χ4v) is 26.9. The van der Waals surface area contributed by atoms with Crippen LogP contribution >= 0.6 is 0 Å². The summed E-state index contributed by atoms with van der Waals surface area (Å²) in [5.41, 5.74) is 0.156. The minimum Gasteiger partial charge on any atom is -0.340 e. The van der Waals surface area contributed by atoms with Crippen molar-refractivity contribution in [3.63, 3.8) is 0 Å². The van der Waals surface area contributed by atoms with E-state index < -0.39 is 0 Å². The van der Waals surface area contributed by atoms with Crippen LogP contribution < -0.4 is 42.5 Å². The van der Waals surface area contributed by atoms with E-state index >= 15 is 9.59 Å². The second-order valence-corrected chi connectivity index (χ2v) is 51.7. The third kappa shape index (κ3) is 33.8. The Morgan fingerprint density at radius 3 is 0.608 bits per heavy atom. The average Bonchev–Trinajstić information content (AvgIpc) is 0.654. The number of hydrogen-bond donors (Lipinski definition) is 8. The van der Waals surface area contributed by atoms with E-state index in [-0.39, 0.29) is 131 Å². The van der Waals surface area contributed by atoms with Gasteiger partial charge in [-0.15, -0.1) is 0 Å². The Kier molecular flexibility index (Phi) is 34.6. The fourth-order valence-electron chi connectivity index (χ4n) is 26.9. The van der Waals surface area contributed by atoms with Gasteiger partial charge < -0.3 is 71.9 Å². The van der Waals surface area contributed by atoms with Crippen molar-refractivity contribution in [1.82, 2.24) is 81.7 Å². The number of nitrogens with one attached hydrogen (secondary N) is 8. The molecule has 0 bridgehead atoms. The molecule has 20 nitrogen and oxygen atoms in total.